The molecule has 1 N–H and O–H groups in total. The summed E-state index contributed by atoms with van der Waals surface area (Å²) >= 11 is 0. The second kappa shape index (κ2) is 5.70. The SMILES string of the molecule is CC(C)(C)OC(=O)N1CC[C@H]1COc1cc(CO)no1. The van der Waals surface area contributed by atoms with E-state index < -0.39 is 5.60 Å². The number of hydrogen-bond donors (Lipinski definition) is 1. The van der Waals surface area contributed by atoms with Gasteiger partial charge in [0.2, 0.25) is 0 Å². The Hall–Kier alpha value is -1.76. The van der Waals surface area contributed by atoms with Crippen LogP contribution in [0.5, 0.6) is 5.95 Å². The minimum Gasteiger partial charge on any atom is -0.462 e. The molecule has 1 saturated heterocycles. The zero-order valence-electron chi connectivity index (χ0n) is 12.0. The minimum atomic E-state index is -0.501. The lowest BCUT2D eigenvalue weighted by Gasteiger charge is -2.40. The van der Waals surface area contributed by atoms with Crippen LogP contribution in [0.1, 0.15) is 32.9 Å². The predicted octanol–water partition coefficient (Wildman–Crippen LogP) is 1.56. The second-order valence-corrected chi connectivity index (χ2v) is 5.72. The summed E-state index contributed by atoms with van der Waals surface area (Å²) in [6.07, 6.45) is 0.534. The molecule has 1 amide bonds. The van der Waals surface area contributed by atoms with Crippen molar-refractivity contribution in [2.75, 3.05) is 13.2 Å². The topological polar surface area (TPSA) is 85.0 Å². The zero-order chi connectivity index (χ0) is 14.8. The van der Waals surface area contributed by atoms with Crippen molar-refractivity contribution in [2.45, 2.75) is 45.4 Å². The summed E-state index contributed by atoms with van der Waals surface area (Å²) in [6.45, 7) is 6.30. The smallest absolute Gasteiger partial charge is 0.410 e. The first-order valence-corrected chi connectivity index (χ1v) is 6.58. The fourth-order valence-electron chi connectivity index (χ4n) is 1.79. The monoisotopic (exact) mass is 284 g/mol. The lowest BCUT2D eigenvalue weighted by molar-refractivity contribution is -0.0164. The van der Waals surface area contributed by atoms with Gasteiger partial charge in [0.15, 0.2) is 0 Å². The number of likely N-dealkylation sites (tertiary alicyclic amines) is 1. The van der Waals surface area contributed by atoms with E-state index in [1.54, 1.807) is 4.90 Å². The quantitative estimate of drug-likeness (QED) is 0.903. The van der Waals surface area contributed by atoms with Crippen molar-refractivity contribution in [1.29, 1.82) is 0 Å². The Bertz CT molecular complexity index is 466. The number of aliphatic hydroxyl groups excluding tert-OH is 1. The van der Waals surface area contributed by atoms with E-state index in [2.05, 4.69) is 5.16 Å². The highest BCUT2D eigenvalue weighted by Crippen LogP contribution is 2.22. The average molecular weight is 284 g/mol. The first-order valence-electron chi connectivity index (χ1n) is 6.58. The van der Waals surface area contributed by atoms with E-state index in [4.69, 9.17) is 19.1 Å². The molecule has 2 heterocycles. The maximum atomic E-state index is 11.9. The van der Waals surface area contributed by atoms with Gasteiger partial charge in [-0.05, 0) is 27.2 Å². The summed E-state index contributed by atoms with van der Waals surface area (Å²) < 4.78 is 15.6. The van der Waals surface area contributed by atoms with E-state index in [-0.39, 0.29) is 24.7 Å². The van der Waals surface area contributed by atoms with Crippen LogP contribution in [0.25, 0.3) is 0 Å². The highest BCUT2D eigenvalue weighted by Gasteiger charge is 2.35. The number of carbonyl (C=O) groups is 1. The number of rotatable bonds is 4. The van der Waals surface area contributed by atoms with Gasteiger partial charge in [-0.15, -0.1) is 0 Å². The van der Waals surface area contributed by atoms with Crippen molar-refractivity contribution in [3.05, 3.63) is 11.8 Å². The molecule has 7 nitrogen and oxygen atoms in total. The standard InChI is InChI=1S/C13H20N2O5/c1-13(2,3)19-12(17)15-5-4-10(15)8-18-11-6-9(7-16)14-20-11/h6,10,16H,4-5,7-8H2,1-3H3/t10-/m0/s1. The molecule has 1 atom stereocenters. The van der Waals surface area contributed by atoms with Gasteiger partial charge in [0.05, 0.1) is 12.6 Å². The molecular formula is C13H20N2O5. The summed E-state index contributed by atoms with van der Waals surface area (Å²) in [5, 5.41) is 12.5. The summed E-state index contributed by atoms with van der Waals surface area (Å²) in [7, 11) is 0. The normalized spacial score (nSPS) is 18.6. The number of aliphatic hydroxyl groups is 1. The number of ether oxygens (including phenoxy) is 2. The minimum absolute atomic E-state index is 0.0208. The Kier molecular flexibility index (Phi) is 4.17. The first-order chi connectivity index (χ1) is 9.39. The van der Waals surface area contributed by atoms with E-state index in [0.717, 1.165) is 6.42 Å². The van der Waals surface area contributed by atoms with Crippen LogP contribution < -0.4 is 4.74 Å². The number of amides is 1. The van der Waals surface area contributed by atoms with Gasteiger partial charge in [-0.1, -0.05) is 5.16 Å². The molecule has 1 aliphatic rings. The Morgan fingerprint density at radius 3 is 2.85 bits per heavy atom. The molecule has 0 aliphatic carbocycles. The summed E-state index contributed by atoms with van der Waals surface area (Å²) in [5.74, 6) is 0.241. The van der Waals surface area contributed by atoms with E-state index in [1.807, 2.05) is 20.8 Å². The van der Waals surface area contributed by atoms with Crippen molar-refractivity contribution in [2.24, 2.45) is 0 Å². The van der Waals surface area contributed by atoms with Crippen molar-refractivity contribution in [1.82, 2.24) is 10.1 Å². The molecule has 0 saturated carbocycles. The molecule has 0 radical (unpaired) electrons. The van der Waals surface area contributed by atoms with E-state index in [1.165, 1.54) is 6.07 Å². The summed E-state index contributed by atoms with van der Waals surface area (Å²) in [5.41, 5.74) is -0.0865. The molecule has 0 aromatic carbocycles. The van der Waals surface area contributed by atoms with E-state index in [9.17, 15) is 4.79 Å². The van der Waals surface area contributed by atoms with Gasteiger partial charge in [0.1, 0.15) is 17.9 Å². The molecule has 20 heavy (non-hydrogen) atoms. The van der Waals surface area contributed by atoms with Gasteiger partial charge in [-0.3, -0.25) is 0 Å². The van der Waals surface area contributed by atoms with Crippen LogP contribution in [0.3, 0.4) is 0 Å². The van der Waals surface area contributed by atoms with Gasteiger partial charge in [0.25, 0.3) is 0 Å². The van der Waals surface area contributed by atoms with Gasteiger partial charge < -0.3 is 24.0 Å². The molecule has 1 aromatic heterocycles. The molecule has 1 fully saturated rings. The van der Waals surface area contributed by atoms with Crippen molar-refractivity contribution in [3.8, 4) is 5.95 Å². The van der Waals surface area contributed by atoms with Crippen molar-refractivity contribution < 1.29 is 23.9 Å². The van der Waals surface area contributed by atoms with Crippen LogP contribution in [0.4, 0.5) is 4.79 Å². The molecule has 7 heteroatoms. The summed E-state index contributed by atoms with van der Waals surface area (Å²) in [6, 6.07) is 1.50. The molecule has 1 aliphatic heterocycles. The highest BCUT2D eigenvalue weighted by molar-refractivity contribution is 5.69. The van der Waals surface area contributed by atoms with Crippen LogP contribution in [0, 0.1) is 0 Å². The lowest BCUT2D eigenvalue weighted by atomic mass is 10.1. The highest BCUT2D eigenvalue weighted by atomic mass is 16.6. The van der Waals surface area contributed by atoms with Gasteiger partial charge in [-0.25, -0.2) is 4.79 Å². The van der Waals surface area contributed by atoms with Gasteiger partial charge in [-0.2, -0.15) is 0 Å². The van der Waals surface area contributed by atoms with Crippen LogP contribution >= 0.6 is 0 Å². The van der Waals surface area contributed by atoms with Crippen molar-refractivity contribution >= 4 is 6.09 Å². The van der Waals surface area contributed by atoms with Crippen LogP contribution in [0.2, 0.25) is 0 Å². The fraction of sp³-hybridized carbons (Fsp3) is 0.692. The van der Waals surface area contributed by atoms with Crippen LogP contribution in [-0.4, -0.2) is 46.1 Å². The van der Waals surface area contributed by atoms with Crippen molar-refractivity contribution in [3.63, 3.8) is 0 Å². The Balaban J connectivity index is 1.80. The molecule has 0 bridgehead atoms. The second-order valence-electron chi connectivity index (χ2n) is 5.72. The van der Waals surface area contributed by atoms with Gasteiger partial charge >= 0.3 is 12.0 Å². The predicted molar refractivity (Wildman–Crippen MR) is 69.3 cm³/mol. The Morgan fingerprint density at radius 2 is 2.35 bits per heavy atom. The number of nitrogens with zero attached hydrogens (tertiary/aromatic N) is 2. The zero-order valence-corrected chi connectivity index (χ0v) is 12.0. The fourth-order valence-corrected chi connectivity index (χ4v) is 1.79. The molecule has 112 valence electrons. The summed E-state index contributed by atoms with van der Waals surface area (Å²) in [4.78, 5) is 13.5. The first kappa shape index (κ1) is 14.6. The number of hydrogen-bond acceptors (Lipinski definition) is 6. The van der Waals surface area contributed by atoms with E-state index in [0.29, 0.717) is 18.8 Å². The Labute approximate surface area is 117 Å². The third kappa shape index (κ3) is 3.63. The van der Waals surface area contributed by atoms with E-state index >= 15 is 0 Å². The van der Waals surface area contributed by atoms with Crippen LogP contribution in [-0.2, 0) is 11.3 Å². The molecule has 0 unspecified atom stereocenters. The maximum Gasteiger partial charge on any atom is 0.410 e. The molecule has 1 aromatic rings. The number of carbonyl (C=O) groups excluding carboxylic acids is 1. The maximum absolute atomic E-state index is 11.9. The van der Waals surface area contributed by atoms with Gasteiger partial charge in [0, 0.05) is 12.6 Å². The average Bonchev–Trinajstić information content (AvgIpc) is 2.73. The third-order valence-electron chi connectivity index (χ3n) is 2.89. The largest absolute Gasteiger partial charge is 0.462 e. The molecule has 2 rings (SSSR count). The number of aromatic nitrogens is 1. The third-order valence-corrected chi connectivity index (χ3v) is 2.89. The molecule has 0 spiro atoms. The Morgan fingerprint density at radius 1 is 1.60 bits per heavy atom. The molecular weight excluding hydrogens is 264 g/mol. The van der Waals surface area contributed by atoms with Crippen LogP contribution in [0.15, 0.2) is 10.6 Å². The lowest BCUT2D eigenvalue weighted by Crippen LogP contribution is -2.55.